The average molecular weight is 230 g/mol. The van der Waals surface area contributed by atoms with Crippen LogP contribution in [0.1, 0.15) is 19.3 Å². The van der Waals surface area contributed by atoms with Crippen LogP contribution >= 0.6 is 0 Å². The van der Waals surface area contributed by atoms with Crippen molar-refractivity contribution in [1.82, 2.24) is 4.90 Å². The molecule has 15 heavy (non-hydrogen) atoms. The molecule has 1 unspecified atom stereocenters. The first kappa shape index (κ1) is 12.0. The zero-order valence-electron chi connectivity index (χ0n) is 8.64. The van der Waals surface area contributed by atoms with E-state index in [1.54, 1.807) is 0 Å². The lowest BCUT2D eigenvalue weighted by Crippen LogP contribution is -2.45. The van der Waals surface area contributed by atoms with Crippen LogP contribution in [0.15, 0.2) is 0 Å². The van der Waals surface area contributed by atoms with Crippen LogP contribution in [0.4, 0.5) is 0 Å². The maximum Gasteiger partial charge on any atom is 0.238 e. The monoisotopic (exact) mass is 230 g/mol. The van der Waals surface area contributed by atoms with Gasteiger partial charge in [-0.05, 0) is 19.3 Å². The van der Waals surface area contributed by atoms with Gasteiger partial charge in [0.15, 0.2) is 9.84 Å². The molecule has 0 saturated carbocycles. The molecule has 1 amide bonds. The Kier molecular flexibility index (Phi) is 3.69. The smallest absolute Gasteiger partial charge is 0.238 e. The summed E-state index contributed by atoms with van der Waals surface area (Å²) in [6.07, 6.45) is 3.43. The van der Waals surface area contributed by atoms with E-state index in [0.29, 0.717) is 13.0 Å². The van der Waals surface area contributed by atoms with E-state index in [-0.39, 0.29) is 0 Å². The third-order valence-corrected chi connectivity index (χ3v) is 3.13. The number of sulfone groups is 1. The summed E-state index contributed by atoms with van der Waals surface area (Å²) in [4.78, 5) is 13.0. The fourth-order valence-corrected chi connectivity index (χ4v) is 2.29. The maximum absolute atomic E-state index is 11.6. The molecule has 0 N–H and O–H groups in total. The van der Waals surface area contributed by atoms with Gasteiger partial charge >= 0.3 is 0 Å². The van der Waals surface area contributed by atoms with Crippen LogP contribution in [0, 0.1) is 11.3 Å². The molecule has 6 heteroatoms. The second-order valence-corrected chi connectivity index (χ2v) is 5.94. The summed E-state index contributed by atoms with van der Waals surface area (Å²) < 4.78 is 21.9. The van der Waals surface area contributed by atoms with Crippen LogP contribution in [0.2, 0.25) is 0 Å². The zero-order valence-corrected chi connectivity index (χ0v) is 9.46. The molecule has 1 fully saturated rings. The highest BCUT2D eigenvalue weighted by Crippen LogP contribution is 2.16. The molecule has 0 aromatic heterocycles. The van der Waals surface area contributed by atoms with Gasteiger partial charge in [0, 0.05) is 12.8 Å². The molecule has 1 atom stereocenters. The van der Waals surface area contributed by atoms with Gasteiger partial charge in [0.05, 0.1) is 6.07 Å². The van der Waals surface area contributed by atoms with Crippen LogP contribution in [-0.2, 0) is 14.6 Å². The molecule has 0 radical (unpaired) electrons. The molecule has 0 aromatic rings. The largest absolute Gasteiger partial charge is 0.326 e. The van der Waals surface area contributed by atoms with Gasteiger partial charge in [-0.1, -0.05) is 0 Å². The van der Waals surface area contributed by atoms with E-state index in [1.807, 2.05) is 6.07 Å². The number of carbonyl (C=O) groups excluding carboxylic acids is 1. The van der Waals surface area contributed by atoms with Gasteiger partial charge in [-0.2, -0.15) is 5.26 Å². The molecule has 1 aliphatic rings. The van der Waals surface area contributed by atoms with E-state index in [1.165, 1.54) is 4.90 Å². The molecule has 1 rings (SSSR count). The molecule has 84 valence electrons. The van der Waals surface area contributed by atoms with Crippen molar-refractivity contribution >= 4 is 15.7 Å². The molecule has 1 saturated heterocycles. The summed E-state index contributed by atoms with van der Waals surface area (Å²) in [5.74, 6) is -0.950. The number of rotatable bonds is 2. The van der Waals surface area contributed by atoms with Crippen molar-refractivity contribution in [2.45, 2.75) is 25.3 Å². The van der Waals surface area contributed by atoms with Crippen molar-refractivity contribution in [1.29, 1.82) is 5.26 Å². The molecule has 0 aromatic carbocycles. The number of nitrogens with zero attached hydrogens (tertiary/aromatic N) is 2. The standard InChI is InChI=1S/C9H14N2O3S/c1-15(13,14)7-9(12)11-5-3-2-4-8(11)6-10/h8H,2-5,7H2,1H3. The molecule has 1 heterocycles. The predicted molar refractivity (Wildman–Crippen MR) is 54.7 cm³/mol. The van der Waals surface area contributed by atoms with Crippen LogP contribution in [0.25, 0.3) is 0 Å². The van der Waals surface area contributed by atoms with Gasteiger partial charge in [0.25, 0.3) is 0 Å². The summed E-state index contributed by atoms with van der Waals surface area (Å²) >= 11 is 0. The Balaban J connectivity index is 2.69. The van der Waals surface area contributed by atoms with Gasteiger partial charge in [-0.3, -0.25) is 4.79 Å². The van der Waals surface area contributed by atoms with E-state index in [9.17, 15) is 13.2 Å². The second-order valence-electron chi connectivity index (χ2n) is 3.80. The molecule has 0 spiro atoms. The number of hydrogen-bond donors (Lipinski definition) is 0. The number of carbonyl (C=O) groups is 1. The van der Waals surface area contributed by atoms with Crippen molar-refractivity contribution in [3.63, 3.8) is 0 Å². The number of hydrogen-bond acceptors (Lipinski definition) is 4. The number of likely N-dealkylation sites (tertiary alicyclic amines) is 1. The summed E-state index contributed by atoms with van der Waals surface area (Å²) in [5.41, 5.74) is 0. The SMILES string of the molecule is CS(=O)(=O)CC(=O)N1CCCCC1C#N. The Morgan fingerprint density at radius 3 is 2.73 bits per heavy atom. The molecular formula is C9H14N2O3S. The topological polar surface area (TPSA) is 78.2 Å². The first-order chi connectivity index (χ1) is 6.94. The van der Waals surface area contributed by atoms with E-state index in [0.717, 1.165) is 19.1 Å². The highest BCUT2D eigenvalue weighted by Gasteiger charge is 2.28. The lowest BCUT2D eigenvalue weighted by molar-refractivity contribution is -0.130. The molecule has 0 bridgehead atoms. The van der Waals surface area contributed by atoms with Gasteiger partial charge < -0.3 is 4.90 Å². The summed E-state index contributed by atoms with van der Waals surface area (Å²) in [6.45, 7) is 0.493. The Bertz CT molecular complexity index is 383. The van der Waals surface area contributed by atoms with Crippen LogP contribution in [0.3, 0.4) is 0 Å². The van der Waals surface area contributed by atoms with Crippen molar-refractivity contribution in [2.24, 2.45) is 0 Å². The lowest BCUT2D eigenvalue weighted by Gasteiger charge is -2.31. The molecular weight excluding hydrogens is 216 g/mol. The van der Waals surface area contributed by atoms with E-state index < -0.39 is 27.5 Å². The quantitative estimate of drug-likeness (QED) is 0.665. The number of piperidine rings is 1. The third kappa shape index (κ3) is 3.51. The van der Waals surface area contributed by atoms with E-state index >= 15 is 0 Å². The molecule has 5 nitrogen and oxygen atoms in total. The van der Waals surface area contributed by atoms with Crippen LogP contribution in [0.5, 0.6) is 0 Å². The fourth-order valence-electron chi connectivity index (χ4n) is 1.67. The van der Waals surface area contributed by atoms with E-state index in [4.69, 9.17) is 5.26 Å². The third-order valence-electron chi connectivity index (χ3n) is 2.36. The minimum atomic E-state index is -3.30. The van der Waals surface area contributed by atoms with Gasteiger partial charge in [-0.25, -0.2) is 8.42 Å². The van der Waals surface area contributed by atoms with Crippen molar-refractivity contribution in [3.05, 3.63) is 0 Å². The number of nitriles is 1. The first-order valence-electron chi connectivity index (χ1n) is 4.81. The summed E-state index contributed by atoms with van der Waals surface area (Å²) in [5, 5.41) is 8.82. The Hall–Kier alpha value is -1.09. The van der Waals surface area contributed by atoms with Crippen molar-refractivity contribution in [3.8, 4) is 6.07 Å². The van der Waals surface area contributed by atoms with Crippen LogP contribution in [-0.4, -0.2) is 43.8 Å². The minimum absolute atomic E-state index is 0.451. The highest BCUT2D eigenvalue weighted by molar-refractivity contribution is 7.91. The fraction of sp³-hybridized carbons (Fsp3) is 0.778. The molecule has 1 aliphatic heterocycles. The van der Waals surface area contributed by atoms with Crippen molar-refractivity contribution < 1.29 is 13.2 Å². The first-order valence-corrected chi connectivity index (χ1v) is 6.87. The van der Waals surface area contributed by atoms with Gasteiger partial charge in [0.1, 0.15) is 11.8 Å². The Labute approximate surface area is 89.6 Å². The maximum atomic E-state index is 11.6. The highest BCUT2D eigenvalue weighted by atomic mass is 32.2. The van der Waals surface area contributed by atoms with Crippen molar-refractivity contribution in [2.75, 3.05) is 18.6 Å². The minimum Gasteiger partial charge on any atom is -0.326 e. The lowest BCUT2D eigenvalue weighted by atomic mass is 10.0. The average Bonchev–Trinajstić information content (AvgIpc) is 2.15. The van der Waals surface area contributed by atoms with Gasteiger partial charge in [-0.15, -0.1) is 0 Å². The zero-order chi connectivity index (χ0) is 11.5. The number of amides is 1. The molecule has 0 aliphatic carbocycles. The van der Waals surface area contributed by atoms with Gasteiger partial charge in [0.2, 0.25) is 5.91 Å². The Morgan fingerprint density at radius 1 is 1.53 bits per heavy atom. The summed E-state index contributed by atoms with van der Waals surface area (Å²) in [7, 11) is -3.30. The predicted octanol–water partition coefficient (Wildman–Crippen LogP) is -0.0643. The summed E-state index contributed by atoms with van der Waals surface area (Å²) in [6, 6.07) is 1.58. The normalized spacial score (nSPS) is 22.1. The second kappa shape index (κ2) is 4.62. The Morgan fingerprint density at radius 2 is 2.20 bits per heavy atom. The van der Waals surface area contributed by atoms with E-state index in [2.05, 4.69) is 0 Å². The van der Waals surface area contributed by atoms with Crippen LogP contribution < -0.4 is 0 Å².